The number of nitrogen functional groups attached to an aromatic ring is 2. The van der Waals surface area contributed by atoms with Gasteiger partial charge >= 0.3 is 0 Å². The van der Waals surface area contributed by atoms with Crippen LogP contribution in [0.25, 0.3) is 0 Å². The quantitative estimate of drug-likeness (QED) is 0.785. The molecule has 2 aromatic rings. The third kappa shape index (κ3) is 3.90. The molecule has 0 fully saturated rings. The summed E-state index contributed by atoms with van der Waals surface area (Å²) in [6, 6.07) is 8.53. The maximum Gasteiger partial charge on any atom is 0.228 e. The lowest BCUT2D eigenvalue weighted by atomic mass is 9.94. The van der Waals surface area contributed by atoms with E-state index in [1.54, 1.807) is 4.90 Å². The standard InChI is InChI=1S/C19H24ClN5O/c1-12-2-4-13(5-3-12)6-7-14-8-9-15-17(18(21)24-19(22)23-15)25(14)16(26)10-11-20/h2-5,14H,6-11H2,1H3,(H4,21,22,23,24). The summed E-state index contributed by atoms with van der Waals surface area (Å²) >= 11 is 5.81. The molecule has 4 N–H and O–H groups in total. The van der Waals surface area contributed by atoms with E-state index < -0.39 is 0 Å². The van der Waals surface area contributed by atoms with Gasteiger partial charge in [-0.2, -0.15) is 4.98 Å². The molecule has 0 saturated carbocycles. The van der Waals surface area contributed by atoms with Gasteiger partial charge in [0.15, 0.2) is 5.82 Å². The fourth-order valence-electron chi connectivity index (χ4n) is 3.48. The third-order valence-electron chi connectivity index (χ3n) is 4.78. The minimum absolute atomic E-state index is 0.0464. The predicted molar refractivity (Wildman–Crippen MR) is 105 cm³/mol. The summed E-state index contributed by atoms with van der Waals surface area (Å²) < 4.78 is 0. The molecule has 1 unspecified atom stereocenters. The number of nitrogens with two attached hydrogens (primary N) is 2. The molecule has 1 amide bonds. The second-order valence-electron chi connectivity index (χ2n) is 6.68. The van der Waals surface area contributed by atoms with Crippen LogP contribution in [0.4, 0.5) is 17.5 Å². The number of alkyl halides is 1. The van der Waals surface area contributed by atoms with Crippen molar-refractivity contribution in [3.63, 3.8) is 0 Å². The first kappa shape index (κ1) is 18.5. The number of aryl methyl sites for hydroxylation is 3. The Kier molecular flexibility index (Phi) is 5.61. The highest BCUT2D eigenvalue weighted by Gasteiger charge is 2.33. The highest BCUT2D eigenvalue weighted by molar-refractivity contribution is 6.19. The van der Waals surface area contributed by atoms with Crippen molar-refractivity contribution in [3.05, 3.63) is 41.1 Å². The van der Waals surface area contributed by atoms with Crippen molar-refractivity contribution in [2.24, 2.45) is 0 Å². The molecule has 0 bridgehead atoms. The highest BCUT2D eigenvalue weighted by atomic mass is 35.5. The molecule has 3 rings (SSSR count). The Morgan fingerprint density at radius 3 is 2.69 bits per heavy atom. The largest absolute Gasteiger partial charge is 0.382 e. The molecule has 0 radical (unpaired) electrons. The van der Waals surface area contributed by atoms with Crippen LogP contribution in [0.15, 0.2) is 24.3 Å². The van der Waals surface area contributed by atoms with Crippen molar-refractivity contribution in [1.82, 2.24) is 9.97 Å². The number of aromatic nitrogens is 2. The van der Waals surface area contributed by atoms with E-state index in [9.17, 15) is 4.79 Å². The van der Waals surface area contributed by atoms with Crippen LogP contribution in [0.5, 0.6) is 0 Å². The smallest absolute Gasteiger partial charge is 0.228 e. The molecule has 6 nitrogen and oxygen atoms in total. The number of hydrogen-bond acceptors (Lipinski definition) is 5. The maximum absolute atomic E-state index is 12.8. The van der Waals surface area contributed by atoms with Crippen molar-refractivity contribution >= 4 is 35.0 Å². The molecule has 2 heterocycles. The van der Waals surface area contributed by atoms with Gasteiger partial charge in [-0.15, -0.1) is 11.6 Å². The molecule has 1 aromatic heterocycles. The molecule has 0 saturated heterocycles. The van der Waals surface area contributed by atoms with Gasteiger partial charge in [0.05, 0.1) is 5.69 Å². The monoisotopic (exact) mass is 373 g/mol. The molecule has 1 aromatic carbocycles. The number of halogens is 1. The highest BCUT2D eigenvalue weighted by Crippen LogP contribution is 2.36. The van der Waals surface area contributed by atoms with Gasteiger partial charge < -0.3 is 16.4 Å². The van der Waals surface area contributed by atoms with Gasteiger partial charge in [-0.05, 0) is 38.2 Å². The van der Waals surface area contributed by atoms with Crippen LogP contribution < -0.4 is 16.4 Å². The van der Waals surface area contributed by atoms with Crippen LogP contribution in [0, 0.1) is 6.92 Å². The van der Waals surface area contributed by atoms with Gasteiger partial charge in [-0.3, -0.25) is 4.79 Å². The number of hydrogen-bond donors (Lipinski definition) is 2. The Morgan fingerprint density at radius 1 is 1.27 bits per heavy atom. The predicted octanol–water partition coefficient (Wildman–Crippen LogP) is 2.86. The summed E-state index contributed by atoms with van der Waals surface area (Å²) in [5, 5.41) is 0. The van der Waals surface area contributed by atoms with Crippen LogP contribution >= 0.6 is 11.6 Å². The minimum Gasteiger partial charge on any atom is -0.382 e. The number of anilines is 3. The molecule has 0 aliphatic carbocycles. The van der Waals surface area contributed by atoms with E-state index in [2.05, 4.69) is 41.2 Å². The van der Waals surface area contributed by atoms with Crippen molar-refractivity contribution in [1.29, 1.82) is 0 Å². The van der Waals surface area contributed by atoms with E-state index in [0.29, 0.717) is 5.69 Å². The Labute approximate surface area is 158 Å². The van der Waals surface area contributed by atoms with Gasteiger partial charge in [0, 0.05) is 18.3 Å². The Morgan fingerprint density at radius 2 is 2.00 bits per heavy atom. The summed E-state index contributed by atoms with van der Waals surface area (Å²) in [6.45, 7) is 2.07. The third-order valence-corrected chi connectivity index (χ3v) is 4.97. The Balaban J connectivity index is 1.86. The molecule has 26 heavy (non-hydrogen) atoms. The zero-order valence-electron chi connectivity index (χ0n) is 14.9. The van der Waals surface area contributed by atoms with E-state index >= 15 is 0 Å². The number of amides is 1. The number of rotatable bonds is 5. The molecule has 138 valence electrons. The van der Waals surface area contributed by atoms with Crippen molar-refractivity contribution in [2.75, 3.05) is 22.2 Å². The van der Waals surface area contributed by atoms with E-state index in [1.807, 2.05) is 0 Å². The summed E-state index contributed by atoms with van der Waals surface area (Å²) in [4.78, 5) is 22.9. The fourth-order valence-corrected chi connectivity index (χ4v) is 3.64. The summed E-state index contributed by atoms with van der Waals surface area (Å²) in [7, 11) is 0. The first-order chi connectivity index (χ1) is 12.5. The van der Waals surface area contributed by atoms with Crippen molar-refractivity contribution < 1.29 is 4.79 Å². The molecule has 0 spiro atoms. The van der Waals surface area contributed by atoms with Gasteiger partial charge in [-0.25, -0.2) is 4.98 Å². The van der Waals surface area contributed by atoms with Gasteiger partial charge in [0.25, 0.3) is 0 Å². The number of carbonyl (C=O) groups excluding carboxylic acids is 1. The number of fused-ring (bicyclic) bond motifs is 1. The first-order valence-corrected chi connectivity index (χ1v) is 9.38. The van der Waals surface area contributed by atoms with Crippen LogP contribution in [0.1, 0.15) is 36.1 Å². The van der Waals surface area contributed by atoms with Crippen LogP contribution in [0.2, 0.25) is 0 Å². The van der Waals surface area contributed by atoms with E-state index in [1.165, 1.54) is 11.1 Å². The molecule has 1 aliphatic rings. The fraction of sp³-hybridized carbons (Fsp3) is 0.421. The Hall–Kier alpha value is -2.34. The molecule has 1 aliphatic heterocycles. The SMILES string of the molecule is Cc1ccc(CCC2CCc3nc(N)nc(N)c3N2C(=O)CCCl)cc1. The minimum atomic E-state index is -0.0464. The summed E-state index contributed by atoms with van der Waals surface area (Å²) in [5.41, 5.74) is 15.7. The van der Waals surface area contributed by atoms with E-state index in [0.717, 1.165) is 31.4 Å². The molecular weight excluding hydrogens is 350 g/mol. The molecule has 7 heteroatoms. The lowest BCUT2D eigenvalue weighted by molar-refractivity contribution is -0.118. The van der Waals surface area contributed by atoms with Crippen LogP contribution in [0.3, 0.4) is 0 Å². The van der Waals surface area contributed by atoms with Crippen LogP contribution in [-0.4, -0.2) is 27.8 Å². The molecular formula is C19H24ClN5O. The second kappa shape index (κ2) is 7.91. The van der Waals surface area contributed by atoms with Gasteiger partial charge in [0.1, 0.15) is 5.69 Å². The lowest BCUT2D eigenvalue weighted by Crippen LogP contribution is -2.45. The van der Waals surface area contributed by atoms with Gasteiger partial charge in [0.2, 0.25) is 11.9 Å². The van der Waals surface area contributed by atoms with E-state index in [4.69, 9.17) is 23.1 Å². The van der Waals surface area contributed by atoms with Crippen molar-refractivity contribution in [3.8, 4) is 0 Å². The summed E-state index contributed by atoms with van der Waals surface area (Å²) in [6.07, 6.45) is 3.55. The summed E-state index contributed by atoms with van der Waals surface area (Å²) in [5.74, 6) is 0.625. The average molecular weight is 374 g/mol. The van der Waals surface area contributed by atoms with Crippen molar-refractivity contribution in [2.45, 2.75) is 45.1 Å². The lowest BCUT2D eigenvalue weighted by Gasteiger charge is -2.37. The maximum atomic E-state index is 12.8. The van der Waals surface area contributed by atoms with E-state index in [-0.39, 0.29) is 36.0 Å². The normalized spacial score (nSPS) is 16.4. The second-order valence-corrected chi connectivity index (χ2v) is 7.06. The molecule has 1 atom stereocenters. The average Bonchev–Trinajstić information content (AvgIpc) is 2.61. The van der Waals surface area contributed by atoms with Crippen LogP contribution in [-0.2, 0) is 17.6 Å². The number of nitrogens with zero attached hydrogens (tertiary/aromatic N) is 3. The zero-order chi connectivity index (χ0) is 18.7. The van der Waals surface area contributed by atoms with Gasteiger partial charge in [-0.1, -0.05) is 29.8 Å². The number of carbonyl (C=O) groups is 1. The Bertz CT molecular complexity index is 793. The topological polar surface area (TPSA) is 98.1 Å². The first-order valence-electron chi connectivity index (χ1n) is 8.85. The zero-order valence-corrected chi connectivity index (χ0v) is 15.7. The number of benzene rings is 1.